The van der Waals surface area contributed by atoms with Crippen LogP contribution in [-0.4, -0.2) is 61.0 Å². The highest BCUT2D eigenvalue weighted by molar-refractivity contribution is 5.88. The second kappa shape index (κ2) is 5.03. The van der Waals surface area contributed by atoms with Crippen LogP contribution in [0.4, 0.5) is 0 Å². The van der Waals surface area contributed by atoms with Crippen LogP contribution < -0.4 is 9.47 Å². The predicted octanol–water partition coefficient (Wildman–Crippen LogP) is 0.127. The van der Waals surface area contributed by atoms with E-state index < -0.39 is 6.10 Å². The molecular formula is C14H16N2O4. The van der Waals surface area contributed by atoms with Crippen molar-refractivity contribution in [2.45, 2.75) is 6.10 Å². The Morgan fingerprint density at radius 3 is 2.75 bits per heavy atom. The third kappa shape index (κ3) is 2.29. The average Bonchev–Trinajstić information content (AvgIpc) is 2.49. The Bertz CT molecular complexity index is 546. The number of fused-ring (bicyclic) bond motifs is 1. The number of carbonyl (C=O) groups excluding carboxylic acids is 2. The summed E-state index contributed by atoms with van der Waals surface area (Å²) in [4.78, 5) is 27.2. The van der Waals surface area contributed by atoms with E-state index in [4.69, 9.17) is 9.47 Å². The summed E-state index contributed by atoms with van der Waals surface area (Å²) in [6.07, 6.45) is -0.680. The molecule has 1 fully saturated rings. The monoisotopic (exact) mass is 276 g/mol. The third-order valence-corrected chi connectivity index (χ3v) is 3.55. The first kappa shape index (κ1) is 12.8. The zero-order valence-corrected chi connectivity index (χ0v) is 11.2. The van der Waals surface area contributed by atoms with Crippen LogP contribution in [0.3, 0.4) is 0 Å². The molecule has 1 atom stereocenters. The Labute approximate surface area is 116 Å². The van der Waals surface area contributed by atoms with Crippen molar-refractivity contribution in [3.8, 4) is 11.5 Å². The molecule has 0 bridgehead atoms. The van der Waals surface area contributed by atoms with Crippen LogP contribution >= 0.6 is 0 Å². The van der Waals surface area contributed by atoms with Gasteiger partial charge in [-0.25, -0.2) is 0 Å². The SMILES string of the molecule is CN1CCN(C(=O)[C@@H]2COc3ccccc3O2)CC1=O. The average molecular weight is 276 g/mol. The number of nitrogens with zero attached hydrogens (tertiary/aromatic N) is 2. The molecule has 2 amide bonds. The van der Waals surface area contributed by atoms with Gasteiger partial charge in [-0.05, 0) is 12.1 Å². The number of rotatable bonds is 1. The second-order valence-electron chi connectivity index (χ2n) is 4.94. The summed E-state index contributed by atoms with van der Waals surface area (Å²) in [5.74, 6) is 0.964. The van der Waals surface area contributed by atoms with E-state index in [9.17, 15) is 9.59 Å². The van der Waals surface area contributed by atoms with Gasteiger partial charge in [-0.2, -0.15) is 0 Å². The molecule has 6 heteroatoms. The van der Waals surface area contributed by atoms with E-state index in [1.54, 1.807) is 24.1 Å². The molecule has 0 N–H and O–H groups in total. The predicted molar refractivity (Wildman–Crippen MR) is 70.6 cm³/mol. The van der Waals surface area contributed by atoms with Gasteiger partial charge in [0.1, 0.15) is 6.61 Å². The quantitative estimate of drug-likeness (QED) is 0.731. The minimum absolute atomic E-state index is 0.0540. The Morgan fingerprint density at radius 2 is 2.00 bits per heavy atom. The summed E-state index contributed by atoms with van der Waals surface area (Å²) >= 11 is 0. The maximum absolute atomic E-state index is 12.4. The molecule has 0 radical (unpaired) electrons. The van der Waals surface area contributed by atoms with E-state index >= 15 is 0 Å². The highest BCUT2D eigenvalue weighted by Crippen LogP contribution is 2.31. The smallest absolute Gasteiger partial charge is 0.267 e. The number of para-hydroxylation sites is 2. The first-order valence-corrected chi connectivity index (χ1v) is 6.56. The molecule has 1 aromatic rings. The topological polar surface area (TPSA) is 59.1 Å². The van der Waals surface area contributed by atoms with Gasteiger partial charge in [0, 0.05) is 20.1 Å². The van der Waals surface area contributed by atoms with E-state index in [1.807, 2.05) is 12.1 Å². The van der Waals surface area contributed by atoms with Crippen LogP contribution in [0.25, 0.3) is 0 Å². The van der Waals surface area contributed by atoms with Gasteiger partial charge >= 0.3 is 0 Å². The fraction of sp³-hybridized carbons (Fsp3) is 0.429. The highest BCUT2D eigenvalue weighted by atomic mass is 16.6. The number of amides is 2. The lowest BCUT2D eigenvalue weighted by Crippen LogP contribution is -2.55. The Balaban J connectivity index is 1.69. The Morgan fingerprint density at radius 1 is 1.25 bits per heavy atom. The first-order chi connectivity index (χ1) is 9.65. The molecule has 0 unspecified atom stereocenters. The lowest BCUT2D eigenvalue weighted by Gasteiger charge is -2.35. The van der Waals surface area contributed by atoms with Gasteiger partial charge in [-0.15, -0.1) is 0 Å². The van der Waals surface area contributed by atoms with Crippen molar-refractivity contribution in [1.29, 1.82) is 0 Å². The van der Waals surface area contributed by atoms with Crippen LogP contribution in [0.2, 0.25) is 0 Å². The molecule has 3 rings (SSSR count). The molecule has 0 spiro atoms. The molecule has 1 saturated heterocycles. The molecule has 2 heterocycles. The minimum Gasteiger partial charge on any atom is -0.485 e. The number of hydrogen-bond donors (Lipinski definition) is 0. The van der Waals surface area contributed by atoms with Gasteiger partial charge in [0.05, 0.1) is 6.54 Å². The van der Waals surface area contributed by atoms with Crippen LogP contribution in [-0.2, 0) is 9.59 Å². The molecule has 106 valence electrons. The normalized spacial score (nSPS) is 21.9. The fourth-order valence-corrected chi connectivity index (χ4v) is 2.29. The van der Waals surface area contributed by atoms with Crippen molar-refractivity contribution in [1.82, 2.24) is 9.80 Å². The molecule has 0 aromatic heterocycles. The molecule has 2 aliphatic heterocycles. The van der Waals surface area contributed by atoms with Gasteiger partial charge < -0.3 is 19.3 Å². The zero-order valence-electron chi connectivity index (χ0n) is 11.2. The molecule has 1 aromatic carbocycles. The van der Waals surface area contributed by atoms with Gasteiger partial charge in [-0.3, -0.25) is 9.59 Å². The lowest BCUT2D eigenvalue weighted by atomic mass is 10.2. The zero-order chi connectivity index (χ0) is 14.1. The highest BCUT2D eigenvalue weighted by Gasteiger charge is 2.34. The Kier molecular flexibility index (Phi) is 3.22. The molecule has 2 aliphatic rings. The molecular weight excluding hydrogens is 260 g/mol. The molecule has 6 nitrogen and oxygen atoms in total. The summed E-state index contributed by atoms with van der Waals surface area (Å²) in [6, 6.07) is 7.25. The molecule has 20 heavy (non-hydrogen) atoms. The van der Waals surface area contributed by atoms with Gasteiger partial charge in [0.2, 0.25) is 12.0 Å². The standard InChI is InChI=1S/C14H16N2O4/c1-15-6-7-16(8-13(15)17)14(18)12-9-19-10-4-2-3-5-11(10)20-12/h2-5,12H,6-9H2,1H3/t12-/m0/s1. The van der Waals surface area contributed by atoms with Crippen molar-refractivity contribution in [2.75, 3.05) is 33.3 Å². The van der Waals surface area contributed by atoms with Crippen molar-refractivity contribution in [3.63, 3.8) is 0 Å². The maximum atomic E-state index is 12.4. The summed E-state index contributed by atoms with van der Waals surface area (Å²) in [5.41, 5.74) is 0. The molecule has 0 saturated carbocycles. The summed E-state index contributed by atoms with van der Waals surface area (Å²) in [5, 5.41) is 0. The van der Waals surface area contributed by atoms with Gasteiger partial charge in [0.15, 0.2) is 11.5 Å². The number of ether oxygens (including phenoxy) is 2. The van der Waals surface area contributed by atoms with Crippen LogP contribution in [0.1, 0.15) is 0 Å². The summed E-state index contributed by atoms with van der Waals surface area (Å²) < 4.78 is 11.2. The van der Waals surface area contributed by atoms with E-state index in [2.05, 4.69) is 0 Å². The fourth-order valence-electron chi connectivity index (χ4n) is 2.29. The maximum Gasteiger partial charge on any atom is 0.267 e. The second-order valence-corrected chi connectivity index (χ2v) is 4.94. The number of carbonyl (C=O) groups is 2. The summed E-state index contributed by atoms with van der Waals surface area (Å²) in [6.45, 7) is 1.37. The van der Waals surface area contributed by atoms with Crippen molar-refractivity contribution in [2.24, 2.45) is 0 Å². The van der Waals surface area contributed by atoms with E-state index in [0.717, 1.165) is 0 Å². The number of benzene rings is 1. The first-order valence-electron chi connectivity index (χ1n) is 6.56. The van der Waals surface area contributed by atoms with Crippen molar-refractivity contribution >= 4 is 11.8 Å². The van der Waals surface area contributed by atoms with E-state index in [1.165, 1.54) is 4.90 Å². The number of likely N-dealkylation sites (N-methyl/N-ethyl adjacent to an activating group) is 1. The number of piperazine rings is 1. The minimum atomic E-state index is -0.680. The largest absolute Gasteiger partial charge is 0.485 e. The van der Waals surface area contributed by atoms with Crippen molar-refractivity contribution < 1.29 is 19.1 Å². The lowest BCUT2D eigenvalue weighted by molar-refractivity contribution is -0.150. The van der Waals surface area contributed by atoms with Crippen LogP contribution in [0.15, 0.2) is 24.3 Å². The third-order valence-electron chi connectivity index (χ3n) is 3.55. The Hall–Kier alpha value is -2.24. The van der Waals surface area contributed by atoms with Crippen LogP contribution in [0.5, 0.6) is 11.5 Å². The van der Waals surface area contributed by atoms with E-state index in [-0.39, 0.29) is 25.0 Å². The number of hydrogen-bond acceptors (Lipinski definition) is 4. The molecule has 0 aliphatic carbocycles. The van der Waals surface area contributed by atoms with E-state index in [0.29, 0.717) is 24.6 Å². The van der Waals surface area contributed by atoms with Crippen molar-refractivity contribution in [3.05, 3.63) is 24.3 Å². The summed E-state index contributed by atoms with van der Waals surface area (Å²) in [7, 11) is 1.74. The van der Waals surface area contributed by atoms with Crippen LogP contribution in [0, 0.1) is 0 Å². The van der Waals surface area contributed by atoms with Gasteiger partial charge in [0.25, 0.3) is 5.91 Å². The van der Waals surface area contributed by atoms with Gasteiger partial charge in [-0.1, -0.05) is 12.1 Å².